The van der Waals surface area contributed by atoms with Crippen molar-refractivity contribution in [2.45, 2.75) is 6.92 Å². The molecule has 3 rings (SSSR count). The molecule has 0 fully saturated rings. The predicted molar refractivity (Wildman–Crippen MR) is 83.1 cm³/mol. The van der Waals surface area contributed by atoms with Gasteiger partial charge in [0.1, 0.15) is 11.6 Å². The fourth-order valence-electron chi connectivity index (χ4n) is 2.12. The molecule has 102 valence electrons. The first kappa shape index (κ1) is 13.3. The number of hydrogen-bond acceptors (Lipinski definition) is 4. The van der Waals surface area contributed by atoms with Crippen molar-refractivity contribution in [2.24, 2.45) is 0 Å². The lowest BCUT2D eigenvalue weighted by Gasteiger charge is -2.06. The Hall–Kier alpha value is -2.71. The zero-order chi connectivity index (χ0) is 14.8. The van der Waals surface area contributed by atoms with Crippen molar-refractivity contribution in [1.82, 2.24) is 9.97 Å². The standard InChI is InChI=1S/C16H11N3OS/c1-10-4-5-15(21-10)12-7-14(11-3-2-6-18-9-11)19-16(20)13(12)8-17/h2-7,9H,1H3,(H,19,20). The number of aromatic nitrogens is 2. The summed E-state index contributed by atoms with van der Waals surface area (Å²) in [7, 11) is 0. The van der Waals surface area contributed by atoms with Crippen molar-refractivity contribution in [3.8, 4) is 27.8 Å². The molecule has 0 aliphatic carbocycles. The van der Waals surface area contributed by atoms with E-state index in [9.17, 15) is 10.1 Å². The van der Waals surface area contributed by atoms with Crippen LogP contribution in [-0.4, -0.2) is 9.97 Å². The highest BCUT2D eigenvalue weighted by Gasteiger charge is 2.13. The smallest absolute Gasteiger partial charge is 0.267 e. The van der Waals surface area contributed by atoms with Crippen LogP contribution in [0.2, 0.25) is 0 Å². The van der Waals surface area contributed by atoms with Crippen molar-refractivity contribution >= 4 is 11.3 Å². The number of nitrogens with zero attached hydrogens (tertiary/aromatic N) is 2. The van der Waals surface area contributed by atoms with Gasteiger partial charge in [0.25, 0.3) is 5.56 Å². The van der Waals surface area contributed by atoms with Gasteiger partial charge in [-0.1, -0.05) is 0 Å². The van der Waals surface area contributed by atoms with E-state index in [0.29, 0.717) is 11.3 Å². The Morgan fingerprint density at radius 2 is 2.19 bits per heavy atom. The van der Waals surface area contributed by atoms with E-state index in [2.05, 4.69) is 9.97 Å². The Bertz CT molecular complexity index is 888. The van der Waals surface area contributed by atoms with Crippen LogP contribution < -0.4 is 5.56 Å². The second-order valence-corrected chi connectivity index (χ2v) is 5.85. The first-order valence-electron chi connectivity index (χ1n) is 6.33. The maximum Gasteiger partial charge on any atom is 0.267 e. The predicted octanol–water partition coefficient (Wildman–Crippen LogP) is 3.35. The zero-order valence-corrected chi connectivity index (χ0v) is 12.1. The van der Waals surface area contributed by atoms with Crippen molar-refractivity contribution in [1.29, 1.82) is 5.26 Å². The molecule has 0 saturated carbocycles. The molecule has 3 aromatic heterocycles. The fraction of sp³-hybridized carbons (Fsp3) is 0.0625. The maximum absolute atomic E-state index is 12.2. The molecule has 0 aliphatic heterocycles. The minimum absolute atomic E-state index is 0.143. The molecular weight excluding hydrogens is 282 g/mol. The van der Waals surface area contributed by atoms with Crippen LogP contribution in [0.1, 0.15) is 10.4 Å². The van der Waals surface area contributed by atoms with Gasteiger partial charge in [0, 0.05) is 33.3 Å². The number of pyridine rings is 2. The monoisotopic (exact) mass is 293 g/mol. The topological polar surface area (TPSA) is 69.5 Å². The minimum atomic E-state index is -0.375. The molecule has 3 aromatic rings. The van der Waals surface area contributed by atoms with E-state index < -0.39 is 0 Å². The van der Waals surface area contributed by atoms with Gasteiger partial charge in [-0.2, -0.15) is 5.26 Å². The number of nitriles is 1. The summed E-state index contributed by atoms with van der Waals surface area (Å²) in [5, 5.41) is 9.25. The van der Waals surface area contributed by atoms with Gasteiger partial charge in [-0.25, -0.2) is 0 Å². The van der Waals surface area contributed by atoms with Crippen molar-refractivity contribution in [3.63, 3.8) is 0 Å². The van der Waals surface area contributed by atoms with Crippen LogP contribution in [0, 0.1) is 18.3 Å². The van der Waals surface area contributed by atoms with Gasteiger partial charge in [0.05, 0.1) is 5.69 Å². The molecule has 0 saturated heterocycles. The van der Waals surface area contributed by atoms with E-state index in [1.54, 1.807) is 29.8 Å². The molecule has 0 atom stereocenters. The summed E-state index contributed by atoms with van der Waals surface area (Å²) in [5.74, 6) is 0. The number of aromatic amines is 1. The zero-order valence-electron chi connectivity index (χ0n) is 11.3. The van der Waals surface area contributed by atoms with E-state index in [1.807, 2.05) is 37.3 Å². The number of nitrogens with one attached hydrogen (secondary N) is 1. The Kier molecular flexibility index (Phi) is 3.38. The molecule has 0 spiro atoms. The number of hydrogen-bond donors (Lipinski definition) is 1. The summed E-state index contributed by atoms with van der Waals surface area (Å²) < 4.78 is 0. The molecule has 0 bridgehead atoms. The van der Waals surface area contributed by atoms with Gasteiger partial charge in [-0.3, -0.25) is 9.78 Å². The molecule has 21 heavy (non-hydrogen) atoms. The SMILES string of the molecule is Cc1ccc(-c2cc(-c3cccnc3)[nH]c(=O)c2C#N)s1. The summed E-state index contributed by atoms with van der Waals surface area (Å²) in [6.45, 7) is 2.00. The lowest BCUT2D eigenvalue weighted by Crippen LogP contribution is -2.12. The number of aryl methyl sites for hydroxylation is 1. The molecule has 0 aromatic carbocycles. The summed E-state index contributed by atoms with van der Waals surface area (Å²) in [6.07, 6.45) is 3.36. The van der Waals surface area contributed by atoms with E-state index in [1.165, 1.54) is 0 Å². The molecule has 0 unspecified atom stereocenters. The molecule has 0 aliphatic rings. The highest BCUT2D eigenvalue weighted by molar-refractivity contribution is 7.15. The molecule has 4 nitrogen and oxygen atoms in total. The van der Waals surface area contributed by atoms with E-state index >= 15 is 0 Å². The number of H-pyrrole nitrogens is 1. The molecule has 3 heterocycles. The Morgan fingerprint density at radius 3 is 2.81 bits per heavy atom. The molecule has 1 N–H and O–H groups in total. The Morgan fingerprint density at radius 1 is 1.33 bits per heavy atom. The third-order valence-electron chi connectivity index (χ3n) is 3.12. The van der Waals surface area contributed by atoms with E-state index in [4.69, 9.17) is 0 Å². The van der Waals surface area contributed by atoms with Gasteiger partial charge >= 0.3 is 0 Å². The summed E-state index contributed by atoms with van der Waals surface area (Å²) in [5.41, 5.74) is 1.91. The van der Waals surface area contributed by atoms with Crippen LogP contribution in [0.4, 0.5) is 0 Å². The van der Waals surface area contributed by atoms with E-state index in [-0.39, 0.29) is 11.1 Å². The lowest BCUT2D eigenvalue weighted by atomic mass is 10.1. The normalized spacial score (nSPS) is 10.3. The third kappa shape index (κ3) is 2.49. The average molecular weight is 293 g/mol. The molecule has 0 radical (unpaired) electrons. The molecule has 5 heteroatoms. The molecular formula is C16H11N3OS. The van der Waals surface area contributed by atoms with Crippen LogP contribution in [0.3, 0.4) is 0 Å². The third-order valence-corrected chi connectivity index (χ3v) is 4.16. The molecule has 0 amide bonds. The second-order valence-electron chi connectivity index (χ2n) is 4.56. The van der Waals surface area contributed by atoms with Crippen LogP contribution in [0.15, 0.2) is 47.5 Å². The van der Waals surface area contributed by atoms with Crippen LogP contribution in [0.5, 0.6) is 0 Å². The fourth-order valence-corrected chi connectivity index (χ4v) is 3.01. The number of thiophene rings is 1. The first-order valence-corrected chi connectivity index (χ1v) is 7.15. The minimum Gasteiger partial charge on any atom is -0.321 e. The summed E-state index contributed by atoms with van der Waals surface area (Å²) in [6, 6.07) is 11.4. The highest BCUT2D eigenvalue weighted by atomic mass is 32.1. The quantitative estimate of drug-likeness (QED) is 0.787. The van der Waals surface area contributed by atoms with Gasteiger partial charge in [-0.05, 0) is 37.3 Å². The summed E-state index contributed by atoms with van der Waals surface area (Å²) >= 11 is 1.56. The van der Waals surface area contributed by atoms with Gasteiger partial charge < -0.3 is 4.98 Å². The maximum atomic E-state index is 12.2. The number of rotatable bonds is 2. The van der Waals surface area contributed by atoms with Gasteiger partial charge in [0.2, 0.25) is 0 Å². The van der Waals surface area contributed by atoms with Crippen molar-refractivity contribution < 1.29 is 0 Å². The average Bonchev–Trinajstić information content (AvgIpc) is 2.94. The van der Waals surface area contributed by atoms with Crippen LogP contribution >= 0.6 is 11.3 Å². The van der Waals surface area contributed by atoms with Gasteiger partial charge in [-0.15, -0.1) is 11.3 Å². The first-order chi connectivity index (χ1) is 10.2. The van der Waals surface area contributed by atoms with Gasteiger partial charge in [0.15, 0.2) is 0 Å². The Balaban J connectivity index is 2.26. The van der Waals surface area contributed by atoms with Crippen LogP contribution in [0.25, 0.3) is 21.7 Å². The van der Waals surface area contributed by atoms with Crippen molar-refractivity contribution in [3.05, 3.63) is 63.5 Å². The highest BCUT2D eigenvalue weighted by Crippen LogP contribution is 2.31. The second kappa shape index (κ2) is 5.35. The summed E-state index contributed by atoms with van der Waals surface area (Å²) in [4.78, 5) is 21.0. The largest absolute Gasteiger partial charge is 0.321 e. The lowest BCUT2D eigenvalue weighted by molar-refractivity contribution is 1.21. The van der Waals surface area contributed by atoms with E-state index in [0.717, 1.165) is 15.3 Å². The Labute approximate surface area is 125 Å². The van der Waals surface area contributed by atoms with Crippen LogP contribution in [-0.2, 0) is 0 Å². The van der Waals surface area contributed by atoms with Crippen molar-refractivity contribution in [2.75, 3.05) is 0 Å².